The number of nitrogens with one attached hydrogen (secondary N) is 4. The number of likely N-dealkylation sites (tertiary alicyclic amines) is 1. The van der Waals surface area contributed by atoms with Gasteiger partial charge in [-0.25, -0.2) is 4.79 Å². The highest BCUT2D eigenvalue weighted by molar-refractivity contribution is 5.91. The van der Waals surface area contributed by atoms with Crippen LogP contribution < -0.4 is 21.3 Å². The number of hydrogen-bond donors (Lipinski definition) is 6. The van der Waals surface area contributed by atoms with Gasteiger partial charge in [0, 0.05) is 44.7 Å². The summed E-state index contributed by atoms with van der Waals surface area (Å²) in [5.74, 6) is -0.0254. The molecule has 1 heterocycles. The van der Waals surface area contributed by atoms with Crippen LogP contribution in [0.4, 0.5) is 16.2 Å². The predicted molar refractivity (Wildman–Crippen MR) is 183 cm³/mol. The molecule has 252 valence electrons. The molecule has 1 unspecified atom stereocenters. The lowest BCUT2D eigenvalue weighted by Gasteiger charge is -2.38. The van der Waals surface area contributed by atoms with Crippen LogP contribution in [0.1, 0.15) is 57.1 Å². The third-order valence-corrected chi connectivity index (χ3v) is 8.47. The molecule has 1 aliphatic heterocycles. The monoisotopic (exact) mass is 645 g/mol. The molecule has 11 heteroatoms. The van der Waals surface area contributed by atoms with Gasteiger partial charge in [-0.2, -0.15) is 0 Å². The summed E-state index contributed by atoms with van der Waals surface area (Å²) in [5.41, 5.74) is 2.95. The van der Waals surface area contributed by atoms with E-state index in [9.17, 15) is 24.6 Å². The average Bonchev–Trinajstić information content (AvgIpc) is 3.07. The maximum atomic E-state index is 12.9. The zero-order valence-corrected chi connectivity index (χ0v) is 27.0. The summed E-state index contributed by atoms with van der Waals surface area (Å²) in [6, 6.07) is 22.2. The lowest BCUT2D eigenvalue weighted by atomic mass is 9.93. The number of phenols is 1. The predicted octanol–water partition coefficient (Wildman–Crippen LogP) is 5.03. The number of aliphatic hydroxyl groups is 1. The fourth-order valence-corrected chi connectivity index (χ4v) is 5.60. The molecule has 1 fully saturated rings. The Morgan fingerprint density at radius 2 is 1.68 bits per heavy atom. The molecule has 47 heavy (non-hydrogen) atoms. The van der Waals surface area contributed by atoms with E-state index >= 15 is 0 Å². The number of anilines is 2. The van der Waals surface area contributed by atoms with E-state index in [1.54, 1.807) is 12.1 Å². The van der Waals surface area contributed by atoms with E-state index in [2.05, 4.69) is 26.2 Å². The Morgan fingerprint density at radius 1 is 0.957 bits per heavy atom. The molecule has 3 aromatic carbocycles. The Labute approximate surface area is 276 Å². The van der Waals surface area contributed by atoms with Gasteiger partial charge in [0.2, 0.25) is 12.3 Å². The molecule has 6 N–H and O–H groups in total. The topological polar surface area (TPSA) is 152 Å². The van der Waals surface area contributed by atoms with E-state index in [1.807, 2.05) is 61.5 Å². The first-order valence-corrected chi connectivity index (χ1v) is 16.3. The van der Waals surface area contributed by atoms with E-state index in [0.717, 1.165) is 50.0 Å². The van der Waals surface area contributed by atoms with E-state index < -0.39 is 17.8 Å². The average molecular weight is 646 g/mol. The van der Waals surface area contributed by atoms with Crippen molar-refractivity contribution in [2.75, 3.05) is 49.9 Å². The van der Waals surface area contributed by atoms with Crippen molar-refractivity contribution in [3.63, 3.8) is 0 Å². The number of aromatic hydroxyl groups is 1. The largest absolute Gasteiger partial charge is 0.506 e. The highest BCUT2D eigenvalue weighted by Crippen LogP contribution is 2.30. The molecule has 3 aromatic rings. The molecule has 1 saturated heterocycles. The fraction of sp³-hybridized carbons (Fsp3) is 0.417. The zero-order chi connectivity index (χ0) is 33.5. The first-order chi connectivity index (χ1) is 22.8. The second-order valence-corrected chi connectivity index (χ2v) is 12.1. The number of benzene rings is 3. The van der Waals surface area contributed by atoms with Crippen molar-refractivity contribution in [1.29, 1.82) is 0 Å². The van der Waals surface area contributed by atoms with Gasteiger partial charge >= 0.3 is 6.09 Å². The van der Waals surface area contributed by atoms with Crippen molar-refractivity contribution in [3.05, 3.63) is 78.4 Å². The molecule has 3 amide bonds. The van der Waals surface area contributed by atoms with Gasteiger partial charge in [-0.1, -0.05) is 61.0 Å². The van der Waals surface area contributed by atoms with Crippen molar-refractivity contribution in [2.45, 2.75) is 57.2 Å². The molecule has 1 aliphatic rings. The van der Waals surface area contributed by atoms with E-state index in [0.29, 0.717) is 56.6 Å². The first kappa shape index (κ1) is 35.4. The van der Waals surface area contributed by atoms with Crippen LogP contribution >= 0.6 is 0 Å². The van der Waals surface area contributed by atoms with Gasteiger partial charge in [0.25, 0.3) is 0 Å². The van der Waals surface area contributed by atoms with Crippen LogP contribution in [-0.2, 0) is 14.3 Å². The van der Waals surface area contributed by atoms with Gasteiger partial charge in [-0.05, 0) is 68.5 Å². The fourth-order valence-electron chi connectivity index (χ4n) is 5.60. The minimum absolute atomic E-state index is 0.0321. The number of nitrogens with zero attached hydrogens (tertiary/aromatic N) is 1. The van der Waals surface area contributed by atoms with Crippen LogP contribution in [-0.4, -0.2) is 78.4 Å². The first-order valence-electron chi connectivity index (χ1n) is 16.3. The molecule has 0 radical (unpaired) electrons. The highest BCUT2D eigenvalue weighted by atomic mass is 16.6. The summed E-state index contributed by atoms with van der Waals surface area (Å²) >= 11 is 0. The van der Waals surface area contributed by atoms with Crippen molar-refractivity contribution < 1.29 is 29.3 Å². The van der Waals surface area contributed by atoms with Crippen LogP contribution in [0.2, 0.25) is 0 Å². The van der Waals surface area contributed by atoms with Gasteiger partial charge in [-0.15, -0.1) is 0 Å². The standard InChI is InChI=1S/C36H47N5O6/c1-36(47-35(46)40-30-13-7-6-12-29(30)27-10-4-2-5-11-27)17-22-41(23-18-36)21-16-34(45)38-20-9-3-8-19-37-25-33(44)28-14-15-32(43)31(24-28)39-26-42/h2,4-7,10-15,24,26,33,37,43-44H,3,8-9,16-23,25H2,1H3,(H,38,45)(H,39,42)(H,40,46). The number of ether oxygens (including phenoxy) is 1. The third kappa shape index (κ3) is 11.4. The van der Waals surface area contributed by atoms with E-state index in [4.69, 9.17) is 4.74 Å². The van der Waals surface area contributed by atoms with Gasteiger partial charge in [-0.3, -0.25) is 14.9 Å². The Hall–Kier alpha value is -4.45. The Kier molecular flexibility index (Phi) is 13.6. The van der Waals surface area contributed by atoms with Crippen LogP contribution in [0.25, 0.3) is 11.1 Å². The number of rotatable bonds is 17. The normalized spacial score (nSPS) is 14.9. The lowest BCUT2D eigenvalue weighted by Crippen LogP contribution is -2.46. The maximum absolute atomic E-state index is 12.9. The summed E-state index contributed by atoms with van der Waals surface area (Å²) in [6.07, 6.45) is 3.77. The number of carbonyl (C=O) groups excluding carboxylic acids is 3. The molecule has 0 aliphatic carbocycles. The molecule has 11 nitrogen and oxygen atoms in total. The number of para-hydroxylation sites is 1. The SMILES string of the molecule is CC1(OC(=O)Nc2ccccc2-c2ccccc2)CCN(CCC(=O)NCCCCCNCC(O)c2ccc(O)c(NC=O)c2)CC1. The maximum Gasteiger partial charge on any atom is 0.412 e. The number of piperidine rings is 1. The van der Waals surface area contributed by atoms with E-state index in [1.165, 1.54) is 6.07 Å². The number of hydrogen-bond acceptors (Lipinski definition) is 8. The second-order valence-electron chi connectivity index (χ2n) is 12.1. The summed E-state index contributed by atoms with van der Waals surface area (Å²) < 4.78 is 5.90. The van der Waals surface area contributed by atoms with Gasteiger partial charge in [0.15, 0.2) is 0 Å². The molecule has 4 rings (SSSR count). The van der Waals surface area contributed by atoms with Crippen molar-refractivity contribution in [3.8, 4) is 16.9 Å². The molecule has 0 spiro atoms. The Morgan fingerprint density at radius 3 is 2.45 bits per heavy atom. The summed E-state index contributed by atoms with van der Waals surface area (Å²) in [7, 11) is 0. The number of phenolic OH excluding ortho intramolecular Hbond substituents is 1. The summed E-state index contributed by atoms with van der Waals surface area (Å²) in [4.78, 5) is 38.1. The van der Waals surface area contributed by atoms with Crippen molar-refractivity contribution >= 4 is 29.8 Å². The van der Waals surface area contributed by atoms with Crippen molar-refractivity contribution in [1.82, 2.24) is 15.5 Å². The molecule has 0 aromatic heterocycles. The van der Waals surface area contributed by atoms with Crippen LogP contribution in [0.5, 0.6) is 5.75 Å². The van der Waals surface area contributed by atoms with Crippen LogP contribution in [0, 0.1) is 0 Å². The van der Waals surface area contributed by atoms with Gasteiger partial charge in [0.05, 0.1) is 17.5 Å². The molecular formula is C36H47N5O6. The van der Waals surface area contributed by atoms with Crippen LogP contribution in [0.3, 0.4) is 0 Å². The Balaban J connectivity index is 1.04. The smallest absolute Gasteiger partial charge is 0.412 e. The summed E-state index contributed by atoms with van der Waals surface area (Å²) in [6.45, 7) is 5.83. The van der Waals surface area contributed by atoms with Crippen LogP contribution in [0.15, 0.2) is 72.8 Å². The number of unbranched alkanes of at least 4 members (excludes halogenated alkanes) is 2. The van der Waals surface area contributed by atoms with Gasteiger partial charge in [0.1, 0.15) is 11.4 Å². The third-order valence-electron chi connectivity index (χ3n) is 8.47. The minimum Gasteiger partial charge on any atom is -0.506 e. The second kappa shape index (κ2) is 18.0. The minimum atomic E-state index is -0.767. The quantitative estimate of drug-likeness (QED) is 0.0680. The number of amides is 3. The summed E-state index contributed by atoms with van der Waals surface area (Å²) in [5, 5.41) is 31.7. The van der Waals surface area contributed by atoms with Crippen molar-refractivity contribution in [2.24, 2.45) is 0 Å². The molecule has 0 saturated carbocycles. The molecule has 1 atom stereocenters. The van der Waals surface area contributed by atoms with Gasteiger partial charge < -0.3 is 35.8 Å². The molecule has 0 bridgehead atoms. The highest BCUT2D eigenvalue weighted by Gasteiger charge is 2.34. The zero-order valence-electron chi connectivity index (χ0n) is 27.0. The number of aliphatic hydroxyl groups excluding tert-OH is 1. The Bertz CT molecular complexity index is 1440. The lowest BCUT2D eigenvalue weighted by molar-refractivity contribution is -0.121. The number of carbonyl (C=O) groups is 3. The molecular weight excluding hydrogens is 598 g/mol. The van der Waals surface area contributed by atoms with E-state index in [-0.39, 0.29) is 17.3 Å².